The number of rotatable bonds is 6. The van der Waals surface area contributed by atoms with Crippen molar-refractivity contribution in [3.05, 3.63) is 64.1 Å². The predicted octanol–water partition coefficient (Wildman–Crippen LogP) is 2.93. The summed E-state index contributed by atoms with van der Waals surface area (Å²) in [5, 5.41) is 2.69. The Morgan fingerprint density at radius 3 is 2.52 bits per heavy atom. The van der Waals surface area contributed by atoms with Crippen molar-refractivity contribution in [2.24, 2.45) is 0 Å². The maximum absolute atomic E-state index is 11.9. The molecule has 0 radical (unpaired) electrons. The highest BCUT2D eigenvalue weighted by molar-refractivity contribution is 9.10. The Kier molecular flexibility index (Phi) is 6.17. The number of methoxy groups -OCH3 is 1. The molecule has 2 aromatic rings. The number of hydrogen-bond acceptors (Lipinski definition) is 4. The molecule has 6 heteroatoms. The second-order valence-electron chi connectivity index (χ2n) is 4.64. The van der Waals surface area contributed by atoms with Gasteiger partial charge in [0, 0.05) is 16.6 Å². The fourth-order valence-electron chi connectivity index (χ4n) is 1.93. The zero-order chi connectivity index (χ0) is 16.7. The Balaban J connectivity index is 1.84. The Morgan fingerprint density at radius 1 is 1.09 bits per heavy atom. The van der Waals surface area contributed by atoms with Crippen LogP contribution >= 0.6 is 15.9 Å². The van der Waals surface area contributed by atoms with Gasteiger partial charge in [-0.15, -0.1) is 0 Å². The average Bonchev–Trinajstić information content (AvgIpc) is 2.58. The van der Waals surface area contributed by atoms with Gasteiger partial charge in [0.1, 0.15) is 5.75 Å². The van der Waals surface area contributed by atoms with Crippen molar-refractivity contribution in [3.63, 3.8) is 0 Å². The van der Waals surface area contributed by atoms with E-state index in [2.05, 4.69) is 21.2 Å². The standard InChI is InChI=1S/C17H16BrNO4/c1-22-15-9-5-2-6-12(15)10-19-16(20)11-23-17(21)13-7-3-4-8-14(13)18/h2-9H,10-11H2,1H3,(H,19,20). The number of nitrogens with one attached hydrogen (secondary N) is 1. The second kappa shape index (κ2) is 8.33. The summed E-state index contributed by atoms with van der Waals surface area (Å²) < 4.78 is 10.8. The van der Waals surface area contributed by atoms with Crippen LogP contribution in [-0.2, 0) is 16.1 Å². The Morgan fingerprint density at radius 2 is 1.78 bits per heavy atom. The quantitative estimate of drug-likeness (QED) is 0.786. The molecule has 2 aromatic carbocycles. The maximum atomic E-state index is 11.9. The fraction of sp³-hybridized carbons (Fsp3) is 0.176. The molecule has 2 rings (SSSR count). The Hall–Kier alpha value is -2.34. The van der Waals surface area contributed by atoms with Gasteiger partial charge in [0.15, 0.2) is 6.61 Å². The molecule has 0 aliphatic rings. The van der Waals surface area contributed by atoms with E-state index >= 15 is 0 Å². The number of esters is 1. The molecule has 0 aliphatic carbocycles. The monoisotopic (exact) mass is 377 g/mol. The van der Waals surface area contributed by atoms with Crippen molar-refractivity contribution in [3.8, 4) is 5.75 Å². The molecule has 0 aliphatic heterocycles. The average molecular weight is 378 g/mol. The van der Waals surface area contributed by atoms with Gasteiger partial charge in [0.25, 0.3) is 5.91 Å². The highest BCUT2D eigenvalue weighted by Gasteiger charge is 2.13. The van der Waals surface area contributed by atoms with Crippen LogP contribution in [0.5, 0.6) is 5.75 Å². The number of carbonyl (C=O) groups excluding carboxylic acids is 2. The van der Waals surface area contributed by atoms with Crippen LogP contribution in [0.1, 0.15) is 15.9 Å². The van der Waals surface area contributed by atoms with Gasteiger partial charge in [-0.25, -0.2) is 4.79 Å². The SMILES string of the molecule is COc1ccccc1CNC(=O)COC(=O)c1ccccc1Br. The van der Waals surface area contributed by atoms with Gasteiger partial charge in [-0.1, -0.05) is 30.3 Å². The first kappa shape index (κ1) is 17.0. The third-order valence-corrected chi connectivity index (χ3v) is 3.79. The smallest absolute Gasteiger partial charge is 0.339 e. The van der Waals surface area contributed by atoms with Crippen LogP contribution in [0.25, 0.3) is 0 Å². The van der Waals surface area contributed by atoms with Crippen LogP contribution in [0.3, 0.4) is 0 Å². The zero-order valence-electron chi connectivity index (χ0n) is 12.5. The summed E-state index contributed by atoms with van der Waals surface area (Å²) >= 11 is 3.27. The first-order valence-corrected chi connectivity index (χ1v) is 7.71. The van der Waals surface area contributed by atoms with E-state index in [0.29, 0.717) is 22.3 Å². The number of hydrogen-bond donors (Lipinski definition) is 1. The van der Waals surface area contributed by atoms with Crippen LogP contribution in [-0.4, -0.2) is 25.6 Å². The molecular weight excluding hydrogens is 362 g/mol. The minimum atomic E-state index is -0.551. The third kappa shape index (κ3) is 4.82. The summed E-state index contributed by atoms with van der Waals surface area (Å²) in [5.74, 6) is -0.237. The predicted molar refractivity (Wildman–Crippen MR) is 89.3 cm³/mol. The molecule has 0 atom stereocenters. The van der Waals surface area contributed by atoms with Crippen molar-refractivity contribution < 1.29 is 19.1 Å². The summed E-state index contributed by atoms with van der Waals surface area (Å²) in [7, 11) is 1.57. The number of halogens is 1. The molecule has 23 heavy (non-hydrogen) atoms. The Labute approximate surface area is 142 Å². The number of para-hydroxylation sites is 1. The van der Waals surface area contributed by atoms with Crippen molar-refractivity contribution >= 4 is 27.8 Å². The van der Waals surface area contributed by atoms with Crippen LogP contribution in [0.4, 0.5) is 0 Å². The van der Waals surface area contributed by atoms with Gasteiger partial charge in [-0.2, -0.15) is 0 Å². The van der Waals surface area contributed by atoms with Crippen molar-refractivity contribution in [2.45, 2.75) is 6.54 Å². The van der Waals surface area contributed by atoms with Crippen LogP contribution < -0.4 is 10.1 Å². The van der Waals surface area contributed by atoms with E-state index in [4.69, 9.17) is 9.47 Å². The van der Waals surface area contributed by atoms with Crippen LogP contribution in [0.2, 0.25) is 0 Å². The normalized spacial score (nSPS) is 10.0. The molecule has 1 amide bonds. The molecule has 0 saturated carbocycles. The zero-order valence-corrected chi connectivity index (χ0v) is 14.1. The van der Waals surface area contributed by atoms with E-state index in [1.807, 2.05) is 24.3 Å². The highest BCUT2D eigenvalue weighted by atomic mass is 79.9. The molecule has 0 heterocycles. The molecule has 0 aromatic heterocycles. The van der Waals surface area contributed by atoms with Gasteiger partial charge in [0.2, 0.25) is 0 Å². The summed E-state index contributed by atoms with van der Waals surface area (Å²) in [6.07, 6.45) is 0. The lowest BCUT2D eigenvalue weighted by Crippen LogP contribution is -2.28. The molecule has 120 valence electrons. The van der Waals surface area contributed by atoms with Gasteiger partial charge in [-0.3, -0.25) is 4.79 Å². The maximum Gasteiger partial charge on any atom is 0.339 e. The number of ether oxygens (including phenoxy) is 2. The highest BCUT2D eigenvalue weighted by Crippen LogP contribution is 2.17. The topological polar surface area (TPSA) is 64.6 Å². The minimum Gasteiger partial charge on any atom is -0.496 e. The first-order valence-electron chi connectivity index (χ1n) is 6.92. The van der Waals surface area contributed by atoms with E-state index < -0.39 is 5.97 Å². The van der Waals surface area contributed by atoms with Gasteiger partial charge >= 0.3 is 5.97 Å². The van der Waals surface area contributed by atoms with Gasteiger partial charge in [0.05, 0.1) is 12.7 Å². The number of carbonyl (C=O) groups is 2. The van der Waals surface area contributed by atoms with E-state index in [1.165, 1.54) is 0 Å². The molecule has 0 unspecified atom stereocenters. The molecule has 1 N–H and O–H groups in total. The van der Waals surface area contributed by atoms with Crippen LogP contribution in [0.15, 0.2) is 53.0 Å². The van der Waals surface area contributed by atoms with Gasteiger partial charge < -0.3 is 14.8 Å². The van der Waals surface area contributed by atoms with E-state index in [9.17, 15) is 9.59 Å². The summed E-state index contributed by atoms with van der Waals surface area (Å²) in [6.45, 7) is -0.0370. The third-order valence-electron chi connectivity index (χ3n) is 3.10. The number of amides is 1. The number of benzene rings is 2. The molecule has 5 nitrogen and oxygen atoms in total. The van der Waals surface area contributed by atoms with Crippen LogP contribution in [0, 0.1) is 0 Å². The minimum absolute atomic E-state index is 0.301. The van der Waals surface area contributed by atoms with Crippen molar-refractivity contribution in [1.82, 2.24) is 5.32 Å². The first-order chi connectivity index (χ1) is 11.1. The fourth-order valence-corrected chi connectivity index (χ4v) is 2.38. The molecule has 0 bridgehead atoms. The van der Waals surface area contributed by atoms with E-state index in [-0.39, 0.29) is 12.5 Å². The largest absolute Gasteiger partial charge is 0.496 e. The lowest BCUT2D eigenvalue weighted by atomic mass is 10.2. The lowest BCUT2D eigenvalue weighted by Gasteiger charge is -2.10. The van der Waals surface area contributed by atoms with Crippen molar-refractivity contribution in [2.75, 3.05) is 13.7 Å². The summed E-state index contributed by atoms with van der Waals surface area (Å²) in [6, 6.07) is 14.3. The lowest BCUT2D eigenvalue weighted by molar-refractivity contribution is -0.124. The molecule has 0 fully saturated rings. The van der Waals surface area contributed by atoms with E-state index in [1.54, 1.807) is 31.4 Å². The van der Waals surface area contributed by atoms with Gasteiger partial charge in [-0.05, 0) is 34.1 Å². The Bertz CT molecular complexity index is 702. The molecular formula is C17H16BrNO4. The summed E-state index contributed by atoms with van der Waals surface area (Å²) in [4.78, 5) is 23.7. The van der Waals surface area contributed by atoms with E-state index in [0.717, 1.165) is 5.56 Å². The molecule has 0 spiro atoms. The second-order valence-corrected chi connectivity index (χ2v) is 5.50. The van der Waals surface area contributed by atoms with Crippen molar-refractivity contribution in [1.29, 1.82) is 0 Å². The summed E-state index contributed by atoms with van der Waals surface area (Å²) in [5.41, 5.74) is 1.23. The molecule has 0 saturated heterocycles.